The summed E-state index contributed by atoms with van der Waals surface area (Å²) >= 11 is 0. The lowest BCUT2D eigenvalue weighted by Crippen LogP contribution is -2.30. The highest BCUT2D eigenvalue weighted by Gasteiger charge is 2.55. The highest BCUT2D eigenvalue weighted by Crippen LogP contribution is 2.53. The first-order valence-electron chi connectivity index (χ1n) is 10.3. The number of allylic oxidation sites excluding steroid dienone is 1. The topological polar surface area (TPSA) is 30.4 Å². The maximum atomic E-state index is 6.17. The van der Waals surface area contributed by atoms with E-state index in [0.717, 1.165) is 23.3 Å². The zero-order valence-corrected chi connectivity index (χ0v) is 16.2. The standard InChI is InChI=1S/C26H20N2O/c1-16-12-19-8-5-9-21-24(19)20(13-16)25-27-22-14-18(17-6-3-2-4-7-17)10-11-23(22)28(25)26(21)15-29-26/h2-11,13-14,16H,12,15H2,1H3. The van der Waals surface area contributed by atoms with Crippen LogP contribution in [0, 0.1) is 5.92 Å². The second kappa shape index (κ2) is 5.25. The monoisotopic (exact) mass is 376 g/mol. The Bertz CT molecular complexity index is 1340. The van der Waals surface area contributed by atoms with Crippen molar-refractivity contribution in [2.24, 2.45) is 5.92 Å². The van der Waals surface area contributed by atoms with Crippen molar-refractivity contribution in [1.29, 1.82) is 0 Å². The summed E-state index contributed by atoms with van der Waals surface area (Å²) in [5, 5.41) is 0. The number of aromatic nitrogens is 2. The van der Waals surface area contributed by atoms with Gasteiger partial charge in [-0.05, 0) is 46.7 Å². The fourth-order valence-corrected chi connectivity index (χ4v) is 5.28. The van der Waals surface area contributed by atoms with Gasteiger partial charge < -0.3 is 4.74 Å². The predicted octanol–water partition coefficient (Wildman–Crippen LogP) is 5.37. The molecule has 3 aliphatic rings. The lowest BCUT2D eigenvalue weighted by Gasteiger charge is -2.33. The molecule has 1 spiro atoms. The van der Waals surface area contributed by atoms with E-state index >= 15 is 0 Å². The van der Waals surface area contributed by atoms with Gasteiger partial charge in [0.05, 0.1) is 11.0 Å². The minimum absolute atomic E-state index is 0.387. The Hall–Kier alpha value is -3.17. The molecular weight excluding hydrogens is 356 g/mol. The molecule has 2 unspecified atom stereocenters. The van der Waals surface area contributed by atoms with Gasteiger partial charge in [0.2, 0.25) is 0 Å². The van der Waals surface area contributed by atoms with Crippen molar-refractivity contribution in [2.75, 3.05) is 6.61 Å². The van der Waals surface area contributed by atoms with Crippen LogP contribution in [0.25, 0.3) is 27.7 Å². The van der Waals surface area contributed by atoms with Crippen molar-refractivity contribution in [2.45, 2.75) is 19.1 Å². The maximum absolute atomic E-state index is 6.17. The molecule has 1 saturated heterocycles. The van der Waals surface area contributed by atoms with Crippen molar-refractivity contribution in [1.82, 2.24) is 9.55 Å². The molecule has 140 valence electrons. The number of fused-ring (bicyclic) bond motifs is 6. The van der Waals surface area contributed by atoms with Crippen molar-refractivity contribution in [3.63, 3.8) is 0 Å². The zero-order chi connectivity index (χ0) is 19.2. The Kier molecular flexibility index (Phi) is 2.84. The van der Waals surface area contributed by atoms with E-state index in [4.69, 9.17) is 9.72 Å². The van der Waals surface area contributed by atoms with Crippen LogP contribution in [0.4, 0.5) is 0 Å². The van der Waals surface area contributed by atoms with Crippen LogP contribution in [0.2, 0.25) is 0 Å². The Balaban J connectivity index is 1.53. The molecule has 1 fully saturated rings. The molecule has 7 rings (SSSR count). The number of imidazole rings is 1. The molecule has 0 bridgehead atoms. The Labute approximate surface area is 169 Å². The van der Waals surface area contributed by atoms with Gasteiger partial charge in [-0.25, -0.2) is 4.98 Å². The Morgan fingerprint density at radius 2 is 1.86 bits per heavy atom. The molecule has 3 heterocycles. The third-order valence-corrected chi connectivity index (χ3v) is 6.62. The van der Waals surface area contributed by atoms with Gasteiger partial charge in [-0.1, -0.05) is 67.6 Å². The van der Waals surface area contributed by atoms with Crippen LogP contribution >= 0.6 is 0 Å². The van der Waals surface area contributed by atoms with Gasteiger partial charge in [0.25, 0.3) is 0 Å². The van der Waals surface area contributed by atoms with Crippen LogP contribution < -0.4 is 0 Å². The summed E-state index contributed by atoms with van der Waals surface area (Å²) in [6, 6.07) is 23.8. The number of benzene rings is 3. The number of ether oxygens (including phenoxy) is 1. The van der Waals surface area contributed by atoms with E-state index in [0.29, 0.717) is 12.5 Å². The van der Waals surface area contributed by atoms with Gasteiger partial charge in [-0.3, -0.25) is 4.57 Å². The highest BCUT2D eigenvalue weighted by molar-refractivity contribution is 5.92. The normalized spacial score (nSPS) is 23.6. The van der Waals surface area contributed by atoms with Crippen LogP contribution in [0.1, 0.15) is 29.4 Å². The van der Waals surface area contributed by atoms with Gasteiger partial charge in [-0.2, -0.15) is 0 Å². The Morgan fingerprint density at radius 1 is 1.00 bits per heavy atom. The minimum atomic E-state index is -0.387. The number of hydrogen-bond donors (Lipinski definition) is 0. The van der Waals surface area contributed by atoms with Gasteiger partial charge in [0.1, 0.15) is 12.4 Å². The summed E-state index contributed by atoms with van der Waals surface area (Å²) < 4.78 is 8.51. The fraction of sp³-hybridized carbons (Fsp3) is 0.192. The lowest BCUT2D eigenvalue weighted by molar-refractivity contribution is 0.270. The van der Waals surface area contributed by atoms with Crippen LogP contribution in [0.15, 0.2) is 72.8 Å². The van der Waals surface area contributed by atoms with E-state index in [9.17, 15) is 0 Å². The summed E-state index contributed by atoms with van der Waals surface area (Å²) in [6.07, 6.45) is 3.48. The van der Waals surface area contributed by atoms with Crippen molar-refractivity contribution >= 4 is 16.6 Å². The molecule has 0 N–H and O–H groups in total. The summed E-state index contributed by atoms with van der Waals surface area (Å²) in [5.41, 5.74) is 9.55. The molecule has 3 heteroatoms. The smallest absolute Gasteiger partial charge is 0.197 e. The number of rotatable bonds is 1. The second-order valence-electron chi connectivity index (χ2n) is 8.51. The third kappa shape index (κ3) is 1.98. The second-order valence-corrected chi connectivity index (χ2v) is 8.51. The van der Waals surface area contributed by atoms with Crippen molar-refractivity contribution in [3.8, 4) is 11.1 Å². The van der Waals surface area contributed by atoms with Gasteiger partial charge in [-0.15, -0.1) is 0 Å². The molecule has 3 nitrogen and oxygen atoms in total. The SMILES string of the molecule is CC1C=C2c3c(cccc3C3(CO3)n3c2nc2cc(-c4ccccc4)ccc23)C1. The van der Waals surface area contributed by atoms with Gasteiger partial charge >= 0.3 is 0 Å². The zero-order valence-electron chi connectivity index (χ0n) is 16.2. The molecule has 1 aliphatic carbocycles. The number of epoxide rings is 1. The largest absolute Gasteiger partial charge is 0.343 e. The van der Waals surface area contributed by atoms with Crippen LogP contribution in [-0.2, 0) is 16.9 Å². The molecule has 2 atom stereocenters. The first kappa shape index (κ1) is 15.7. The minimum Gasteiger partial charge on any atom is -0.343 e. The molecular formula is C26H20N2O. The average Bonchev–Trinajstić information content (AvgIpc) is 3.44. The molecule has 2 aliphatic heterocycles. The fourth-order valence-electron chi connectivity index (χ4n) is 5.28. The van der Waals surface area contributed by atoms with E-state index in [2.05, 4.69) is 84.3 Å². The van der Waals surface area contributed by atoms with Gasteiger partial charge in [0.15, 0.2) is 5.72 Å². The summed E-state index contributed by atoms with van der Waals surface area (Å²) in [5.74, 6) is 1.56. The number of hydrogen-bond acceptors (Lipinski definition) is 2. The van der Waals surface area contributed by atoms with E-state index in [1.165, 1.54) is 33.4 Å². The molecule has 0 amide bonds. The summed E-state index contributed by atoms with van der Waals surface area (Å²) in [6.45, 7) is 3.01. The molecule has 29 heavy (non-hydrogen) atoms. The van der Waals surface area contributed by atoms with Crippen LogP contribution in [0.5, 0.6) is 0 Å². The molecule has 0 saturated carbocycles. The molecule has 4 aromatic rings. The maximum Gasteiger partial charge on any atom is 0.197 e. The average molecular weight is 376 g/mol. The summed E-state index contributed by atoms with van der Waals surface area (Å²) in [4.78, 5) is 5.15. The molecule has 1 aromatic heterocycles. The Morgan fingerprint density at radius 3 is 2.69 bits per heavy atom. The van der Waals surface area contributed by atoms with E-state index in [-0.39, 0.29) is 5.72 Å². The van der Waals surface area contributed by atoms with Crippen LogP contribution in [0.3, 0.4) is 0 Å². The number of nitrogens with zero attached hydrogens (tertiary/aromatic N) is 2. The highest BCUT2D eigenvalue weighted by atomic mass is 16.6. The molecule has 3 aromatic carbocycles. The van der Waals surface area contributed by atoms with E-state index < -0.39 is 0 Å². The van der Waals surface area contributed by atoms with Crippen molar-refractivity contribution in [3.05, 3.63) is 95.3 Å². The van der Waals surface area contributed by atoms with Gasteiger partial charge in [0, 0.05) is 11.1 Å². The predicted molar refractivity (Wildman–Crippen MR) is 115 cm³/mol. The van der Waals surface area contributed by atoms with Crippen molar-refractivity contribution < 1.29 is 4.74 Å². The van der Waals surface area contributed by atoms with Crippen LogP contribution in [-0.4, -0.2) is 16.2 Å². The first-order valence-corrected chi connectivity index (χ1v) is 10.3. The first-order chi connectivity index (χ1) is 14.2. The molecule has 0 radical (unpaired) electrons. The summed E-state index contributed by atoms with van der Waals surface area (Å²) in [7, 11) is 0. The van der Waals surface area contributed by atoms with E-state index in [1.807, 2.05) is 0 Å². The van der Waals surface area contributed by atoms with E-state index in [1.54, 1.807) is 0 Å². The third-order valence-electron chi connectivity index (χ3n) is 6.62. The lowest BCUT2D eigenvalue weighted by atomic mass is 9.79. The quantitative estimate of drug-likeness (QED) is 0.418.